The van der Waals surface area contributed by atoms with Crippen LogP contribution in [0.15, 0.2) is 59.5 Å². The van der Waals surface area contributed by atoms with Crippen molar-refractivity contribution in [3.05, 3.63) is 60.2 Å². The molecule has 2 aromatic rings. The second kappa shape index (κ2) is 7.80. The molecule has 2 amide bonds. The van der Waals surface area contributed by atoms with Gasteiger partial charge < -0.3 is 10.6 Å². The van der Waals surface area contributed by atoms with Crippen molar-refractivity contribution in [1.82, 2.24) is 4.90 Å². The summed E-state index contributed by atoms with van der Waals surface area (Å²) >= 11 is 0. The highest BCUT2D eigenvalue weighted by Crippen LogP contribution is 2.18. The van der Waals surface area contributed by atoms with Crippen LogP contribution in [0.4, 0.5) is 5.69 Å². The number of nitrogens with one attached hydrogen (secondary N) is 1. The van der Waals surface area contributed by atoms with Crippen molar-refractivity contribution in [3.63, 3.8) is 0 Å². The van der Waals surface area contributed by atoms with Crippen LogP contribution >= 0.6 is 0 Å². The number of carbonyl (C=O) groups is 2. The van der Waals surface area contributed by atoms with E-state index in [0.717, 1.165) is 0 Å². The Morgan fingerprint density at radius 3 is 2.36 bits per heavy atom. The van der Waals surface area contributed by atoms with E-state index in [1.165, 1.54) is 23.1 Å². The van der Waals surface area contributed by atoms with Crippen LogP contribution in [0.3, 0.4) is 0 Å². The first-order chi connectivity index (χ1) is 11.8. The zero-order valence-electron chi connectivity index (χ0n) is 13.7. The van der Waals surface area contributed by atoms with Crippen molar-refractivity contribution in [2.75, 3.05) is 17.8 Å². The predicted octanol–water partition coefficient (Wildman–Crippen LogP) is 1.43. The highest BCUT2D eigenvalue weighted by Gasteiger charge is 2.18. The average molecular weight is 361 g/mol. The van der Waals surface area contributed by atoms with E-state index >= 15 is 0 Å². The Morgan fingerprint density at radius 1 is 1.08 bits per heavy atom. The fourth-order valence-corrected chi connectivity index (χ4v) is 3.30. The maximum absolute atomic E-state index is 12.4. The van der Waals surface area contributed by atoms with E-state index in [-0.39, 0.29) is 22.7 Å². The molecule has 0 bridgehead atoms. The highest BCUT2D eigenvalue weighted by molar-refractivity contribution is 7.92. The molecule has 0 saturated carbocycles. The minimum atomic E-state index is -3.75. The number of benzene rings is 2. The number of carbonyl (C=O) groups excluding carboxylic acids is 2. The van der Waals surface area contributed by atoms with Gasteiger partial charge in [-0.25, -0.2) is 8.42 Å². The molecule has 0 heterocycles. The van der Waals surface area contributed by atoms with Crippen molar-refractivity contribution in [3.8, 4) is 0 Å². The van der Waals surface area contributed by atoms with Crippen LogP contribution in [-0.2, 0) is 14.8 Å². The molecule has 0 aliphatic heterocycles. The molecule has 3 N–H and O–H groups in total. The molecule has 2 rings (SSSR count). The topological polar surface area (TPSA) is 110 Å². The van der Waals surface area contributed by atoms with E-state index < -0.39 is 21.8 Å². The molecule has 0 aliphatic carbocycles. The number of anilines is 1. The molecule has 0 radical (unpaired) electrons. The molecule has 7 nitrogen and oxygen atoms in total. The number of nitrogens with zero attached hydrogens (tertiary/aromatic N) is 1. The number of rotatable bonds is 7. The Bertz CT molecular complexity index is 866. The third-order valence-electron chi connectivity index (χ3n) is 3.43. The lowest BCUT2D eigenvalue weighted by Gasteiger charge is -2.19. The zero-order chi connectivity index (χ0) is 18.4. The standard InChI is InChI=1S/C17H19N3O4S/c1-2-20(12-16(18)21)17(22)13-7-6-8-14(11-13)19-25(23,24)15-9-4-3-5-10-15/h3-11,19H,2,12H2,1H3,(H2,18,21). The molecule has 8 heteroatoms. The minimum Gasteiger partial charge on any atom is -0.368 e. The van der Waals surface area contributed by atoms with Gasteiger partial charge in [-0.3, -0.25) is 14.3 Å². The molecule has 0 saturated heterocycles. The number of nitrogens with two attached hydrogens (primary N) is 1. The van der Waals surface area contributed by atoms with Crippen LogP contribution in [0.5, 0.6) is 0 Å². The third kappa shape index (κ3) is 4.80. The summed E-state index contributed by atoms with van der Waals surface area (Å²) in [5.41, 5.74) is 5.65. The van der Waals surface area contributed by atoms with E-state index in [1.807, 2.05) is 0 Å². The van der Waals surface area contributed by atoms with Gasteiger partial charge >= 0.3 is 0 Å². The van der Waals surface area contributed by atoms with Crippen molar-refractivity contribution in [2.24, 2.45) is 5.73 Å². The third-order valence-corrected chi connectivity index (χ3v) is 4.83. The predicted molar refractivity (Wildman–Crippen MR) is 94.5 cm³/mol. The van der Waals surface area contributed by atoms with Gasteiger partial charge in [-0.15, -0.1) is 0 Å². The second-order valence-electron chi connectivity index (χ2n) is 5.28. The fraction of sp³-hybridized carbons (Fsp3) is 0.176. The first kappa shape index (κ1) is 18.5. The Kier molecular flexibility index (Phi) is 5.76. The highest BCUT2D eigenvalue weighted by atomic mass is 32.2. The van der Waals surface area contributed by atoms with Gasteiger partial charge in [0.1, 0.15) is 0 Å². The molecule has 25 heavy (non-hydrogen) atoms. The summed E-state index contributed by atoms with van der Waals surface area (Å²) in [6.45, 7) is 1.83. The lowest BCUT2D eigenvalue weighted by molar-refractivity contribution is -0.118. The molecule has 0 fully saturated rings. The summed E-state index contributed by atoms with van der Waals surface area (Å²) in [6, 6.07) is 14.0. The smallest absolute Gasteiger partial charge is 0.261 e. The summed E-state index contributed by atoms with van der Waals surface area (Å²) in [7, 11) is -3.75. The van der Waals surface area contributed by atoms with Crippen molar-refractivity contribution in [2.45, 2.75) is 11.8 Å². The Hall–Kier alpha value is -2.87. The van der Waals surface area contributed by atoms with Gasteiger partial charge in [0.25, 0.3) is 15.9 Å². The quantitative estimate of drug-likeness (QED) is 0.777. The number of primary amides is 1. The molecule has 0 unspecified atom stereocenters. The molecule has 132 valence electrons. The molecular formula is C17H19N3O4S. The molecule has 0 atom stereocenters. The fourth-order valence-electron chi connectivity index (χ4n) is 2.23. The van der Waals surface area contributed by atoms with Crippen LogP contribution in [-0.4, -0.2) is 38.2 Å². The number of likely N-dealkylation sites (N-methyl/N-ethyl adjacent to an activating group) is 1. The maximum atomic E-state index is 12.4. The first-order valence-corrected chi connectivity index (χ1v) is 9.07. The van der Waals surface area contributed by atoms with E-state index in [0.29, 0.717) is 6.54 Å². The lowest BCUT2D eigenvalue weighted by atomic mass is 10.2. The summed E-state index contributed by atoms with van der Waals surface area (Å²) in [5.74, 6) is -1.02. The summed E-state index contributed by atoms with van der Waals surface area (Å²) in [6.07, 6.45) is 0. The van der Waals surface area contributed by atoms with Crippen molar-refractivity contribution >= 4 is 27.5 Å². The van der Waals surface area contributed by atoms with Gasteiger partial charge in [-0.2, -0.15) is 0 Å². The van der Waals surface area contributed by atoms with Gasteiger partial charge in [-0.1, -0.05) is 24.3 Å². The van der Waals surface area contributed by atoms with E-state index in [2.05, 4.69) is 4.72 Å². The van der Waals surface area contributed by atoms with Crippen LogP contribution in [0.1, 0.15) is 17.3 Å². The number of hydrogen-bond acceptors (Lipinski definition) is 4. The molecule has 0 aliphatic rings. The van der Waals surface area contributed by atoms with E-state index in [1.54, 1.807) is 43.3 Å². The largest absolute Gasteiger partial charge is 0.368 e. The van der Waals surface area contributed by atoms with Gasteiger partial charge in [-0.05, 0) is 37.3 Å². The van der Waals surface area contributed by atoms with Crippen LogP contribution in [0, 0.1) is 0 Å². The van der Waals surface area contributed by atoms with Gasteiger partial charge in [0, 0.05) is 17.8 Å². The van der Waals surface area contributed by atoms with E-state index in [9.17, 15) is 18.0 Å². The summed E-state index contributed by atoms with van der Waals surface area (Å²) in [5, 5.41) is 0. The average Bonchev–Trinajstić information content (AvgIpc) is 2.59. The Morgan fingerprint density at radius 2 is 1.76 bits per heavy atom. The van der Waals surface area contributed by atoms with Crippen LogP contribution in [0.25, 0.3) is 0 Å². The van der Waals surface area contributed by atoms with Crippen LogP contribution < -0.4 is 10.5 Å². The van der Waals surface area contributed by atoms with Gasteiger partial charge in [0.05, 0.1) is 11.4 Å². The number of amides is 2. The minimum absolute atomic E-state index is 0.121. The SMILES string of the molecule is CCN(CC(N)=O)C(=O)c1cccc(NS(=O)(=O)c2ccccc2)c1. The number of hydrogen-bond donors (Lipinski definition) is 2. The summed E-state index contributed by atoms with van der Waals surface area (Å²) < 4.78 is 27.1. The molecule has 0 aromatic heterocycles. The normalized spacial score (nSPS) is 10.9. The first-order valence-electron chi connectivity index (χ1n) is 7.59. The van der Waals surface area contributed by atoms with E-state index in [4.69, 9.17) is 5.73 Å². The maximum Gasteiger partial charge on any atom is 0.261 e. The molecule has 2 aromatic carbocycles. The number of sulfonamides is 1. The molecule has 0 spiro atoms. The van der Waals surface area contributed by atoms with Gasteiger partial charge in [0.15, 0.2) is 0 Å². The van der Waals surface area contributed by atoms with Crippen LogP contribution in [0.2, 0.25) is 0 Å². The van der Waals surface area contributed by atoms with Crippen molar-refractivity contribution in [1.29, 1.82) is 0 Å². The molecular weight excluding hydrogens is 342 g/mol. The van der Waals surface area contributed by atoms with Crippen molar-refractivity contribution < 1.29 is 18.0 Å². The summed E-state index contributed by atoms with van der Waals surface area (Å²) in [4.78, 5) is 24.9. The van der Waals surface area contributed by atoms with Gasteiger partial charge in [0.2, 0.25) is 5.91 Å². The Balaban J connectivity index is 2.24. The Labute approximate surface area is 146 Å². The monoisotopic (exact) mass is 361 g/mol. The zero-order valence-corrected chi connectivity index (χ0v) is 14.5. The second-order valence-corrected chi connectivity index (χ2v) is 6.97. The lowest BCUT2D eigenvalue weighted by Crippen LogP contribution is -2.38.